The van der Waals surface area contributed by atoms with E-state index < -0.39 is 0 Å². The summed E-state index contributed by atoms with van der Waals surface area (Å²) in [6, 6.07) is 0. The average Bonchev–Trinajstić information content (AvgIpc) is 0. The minimum absolute atomic E-state index is 0. The Kier molecular flexibility index (Phi) is 118. The van der Waals surface area contributed by atoms with Gasteiger partial charge in [-0.25, -0.2) is 0 Å². The number of hydrogen-bond donors (Lipinski definition) is 0. The zero-order valence-corrected chi connectivity index (χ0v) is 7.32. The first-order chi connectivity index (χ1) is 0. The molecule has 0 aromatic rings. The van der Waals surface area contributed by atoms with E-state index in [9.17, 15) is 0 Å². The Hall–Kier alpha value is 2.97. The zero-order chi connectivity index (χ0) is 0. The monoisotopic (exact) mass is 316 g/mol. The van der Waals surface area contributed by atoms with Gasteiger partial charge in [-0.05, 0) is 0 Å². The molecule has 0 unspecified atom stereocenters. The van der Waals surface area contributed by atoms with Gasteiger partial charge in [-0.2, -0.15) is 0 Å². The fraction of sp³-hybridized carbons (Fsp3) is 0. The maximum atomic E-state index is 0. The Balaban J connectivity index is 0. The van der Waals surface area contributed by atoms with Crippen LogP contribution in [0.2, 0.25) is 0 Å². The molecule has 0 aliphatic carbocycles. The molecule has 0 spiro atoms. The minimum atomic E-state index is 0. The molecule has 0 N–H and O–H groups in total. The molecule has 0 fully saturated rings. The van der Waals surface area contributed by atoms with Crippen LogP contribution in [0.5, 0.6) is 0 Å². The van der Waals surface area contributed by atoms with Gasteiger partial charge in [-0.3, -0.25) is 0 Å². The SMILES string of the molecule is [Cu].[La].[LiH].[Pd]. The maximum absolute atomic E-state index is 0. The summed E-state index contributed by atoms with van der Waals surface area (Å²) in [6.07, 6.45) is 0. The Bertz CT molecular complexity index is 8.00. The van der Waals surface area contributed by atoms with Gasteiger partial charge in [0.15, 0.2) is 0 Å². The molecule has 0 saturated carbocycles. The predicted molar refractivity (Wildman–Crippen MR) is 7.15 cm³/mol. The third kappa shape index (κ3) is 8.88. The second kappa shape index (κ2) is 16.7. The standard InChI is InChI=1S/Cu.La.Li.Pd.H. The van der Waals surface area contributed by atoms with Crippen LogP contribution in [0, 0.1) is 35.6 Å². The molecule has 0 aliphatic rings. The van der Waals surface area contributed by atoms with E-state index in [2.05, 4.69) is 0 Å². The van der Waals surface area contributed by atoms with E-state index in [1.807, 2.05) is 0 Å². The third-order valence-electron chi connectivity index (χ3n) is 0. The van der Waals surface area contributed by atoms with Crippen LogP contribution in [0.1, 0.15) is 0 Å². The molecule has 0 heterocycles. The van der Waals surface area contributed by atoms with Crippen LogP contribution in [0.3, 0.4) is 0 Å². The molecule has 0 saturated heterocycles. The van der Waals surface area contributed by atoms with Crippen LogP contribution in [-0.4, -0.2) is 18.9 Å². The molecule has 26 valence electrons. The van der Waals surface area contributed by atoms with Crippen LogP contribution in [0.15, 0.2) is 0 Å². The maximum Gasteiger partial charge on any atom is 0 e. The molecule has 0 rings (SSSR count). The molecule has 0 aromatic carbocycles. The summed E-state index contributed by atoms with van der Waals surface area (Å²) in [5, 5.41) is 0. The predicted octanol–water partition coefficient (Wildman–Crippen LogP) is -0.653. The summed E-state index contributed by atoms with van der Waals surface area (Å²) >= 11 is 0. The molecule has 0 aliphatic heterocycles. The van der Waals surface area contributed by atoms with E-state index in [0.717, 1.165) is 0 Å². The van der Waals surface area contributed by atoms with Crippen molar-refractivity contribution in [3.8, 4) is 0 Å². The summed E-state index contributed by atoms with van der Waals surface area (Å²) in [5.41, 5.74) is 0. The summed E-state index contributed by atoms with van der Waals surface area (Å²) in [5.74, 6) is 0. The Labute approximate surface area is 90.1 Å². The topological polar surface area (TPSA) is 0 Å². The fourth-order valence-corrected chi connectivity index (χ4v) is 0. The van der Waals surface area contributed by atoms with E-state index in [1.165, 1.54) is 0 Å². The molecule has 2 radical (unpaired) electrons. The van der Waals surface area contributed by atoms with Gasteiger partial charge in [0.1, 0.15) is 0 Å². The molecule has 0 atom stereocenters. The molecule has 0 amide bonds. The van der Waals surface area contributed by atoms with Gasteiger partial charge < -0.3 is 0 Å². The molecule has 0 aromatic heterocycles. The Morgan fingerprint density at radius 3 is 1.00 bits per heavy atom. The second-order valence-electron chi connectivity index (χ2n) is 0. The Morgan fingerprint density at radius 2 is 1.00 bits per heavy atom. The van der Waals surface area contributed by atoms with Gasteiger partial charge in [-0.15, -0.1) is 0 Å². The van der Waals surface area contributed by atoms with Crippen LogP contribution in [-0.2, 0) is 37.5 Å². The van der Waals surface area contributed by atoms with Gasteiger partial charge in [-0.1, -0.05) is 0 Å². The van der Waals surface area contributed by atoms with Crippen molar-refractivity contribution in [2.75, 3.05) is 0 Å². The van der Waals surface area contributed by atoms with Crippen molar-refractivity contribution >= 4 is 18.9 Å². The van der Waals surface area contributed by atoms with Crippen LogP contribution >= 0.6 is 0 Å². The third-order valence-corrected chi connectivity index (χ3v) is 0. The van der Waals surface area contributed by atoms with Crippen LogP contribution < -0.4 is 0 Å². The summed E-state index contributed by atoms with van der Waals surface area (Å²) in [6.45, 7) is 0. The summed E-state index contributed by atoms with van der Waals surface area (Å²) in [7, 11) is 0. The molecular weight excluding hydrogens is 316 g/mol. The molecule has 4 heteroatoms. The zero-order valence-electron chi connectivity index (χ0n) is 1.20. The molecule has 0 nitrogen and oxygen atoms in total. The van der Waals surface area contributed by atoms with Gasteiger partial charge in [0, 0.05) is 73.1 Å². The van der Waals surface area contributed by atoms with Crippen molar-refractivity contribution in [1.29, 1.82) is 0 Å². The van der Waals surface area contributed by atoms with Crippen LogP contribution in [0.25, 0.3) is 0 Å². The fourth-order valence-electron chi connectivity index (χ4n) is 0. The van der Waals surface area contributed by atoms with Crippen molar-refractivity contribution in [3.63, 3.8) is 0 Å². The van der Waals surface area contributed by atoms with Gasteiger partial charge in [0.25, 0.3) is 0 Å². The molecular formula is HCuLaLiPd. The first-order valence-corrected chi connectivity index (χ1v) is 0. The molecule has 4 heavy (non-hydrogen) atoms. The van der Waals surface area contributed by atoms with E-state index in [1.54, 1.807) is 0 Å². The van der Waals surface area contributed by atoms with E-state index >= 15 is 0 Å². The first-order valence-electron chi connectivity index (χ1n) is 0. The van der Waals surface area contributed by atoms with Crippen molar-refractivity contribution < 1.29 is 73.1 Å². The van der Waals surface area contributed by atoms with E-state index in [4.69, 9.17) is 0 Å². The minimum Gasteiger partial charge on any atom is 0 e. The van der Waals surface area contributed by atoms with Gasteiger partial charge in [0.2, 0.25) is 0 Å². The van der Waals surface area contributed by atoms with E-state index in [0.29, 0.717) is 0 Å². The number of hydrogen-bond acceptors (Lipinski definition) is 0. The van der Waals surface area contributed by atoms with Gasteiger partial charge >= 0.3 is 18.9 Å². The van der Waals surface area contributed by atoms with Crippen molar-refractivity contribution in [3.05, 3.63) is 0 Å². The average molecular weight is 317 g/mol. The summed E-state index contributed by atoms with van der Waals surface area (Å²) in [4.78, 5) is 0. The number of rotatable bonds is 0. The van der Waals surface area contributed by atoms with E-state index in [-0.39, 0.29) is 92.0 Å². The van der Waals surface area contributed by atoms with Crippen molar-refractivity contribution in [1.82, 2.24) is 0 Å². The quantitative estimate of drug-likeness (QED) is 0.521. The first kappa shape index (κ1) is 28.1. The Morgan fingerprint density at radius 1 is 1.00 bits per heavy atom. The van der Waals surface area contributed by atoms with Crippen LogP contribution in [0.4, 0.5) is 0 Å². The second-order valence-corrected chi connectivity index (χ2v) is 0. The van der Waals surface area contributed by atoms with Gasteiger partial charge in [0.05, 0.1) is 0 Å². The largest absolute Gasteiger partial charge is 0 e. The van der Waals surface area contributed by atoms with Crippen molar-refractivity contribution in [2.45, 2.75) is 0 Å². The van der Waals surface area contributed by atoms with Crippen molar-refractivity contribution in [2.24, 2.45) is 0 Å². The molecule has 0 bridgehead atoms. The smallest absolute Gasteiger partial charge is 0 e. The normalized spacial score (nSPS) is 0. The summed E-state index contributed by atoms with van der Waals surface area (Å²) < 4.78 is 0.